The number of likely N-dealkylation sites (N-methyl/N-ethyl adjacent to an activating group) is 1. The van der Waals surface area contributed by atoms with E-state index in [0.29, 0.717) is 6.04 Å². The summed E-state index contributed by atoms with van der Waals surface area (Å²) in [5, 5.41) is 7.94. The molecule has 0 radical (unpaired) electrons. The molecule has 0 saturated carbocycles. The normalized spacial score (nSPS) is 13.2. The first-order valence-electron chi connectivity index (χ1n) is 6.09. The Morgan fingerprint density at radius 3 is 2.83 bits per heavy atom. The third-order valence-electron chi connectivity index (χ3n) is 2.94. The van der Waals surface area contributed by atoms with Gasteiger partial charge in [-0.25, -0.2) is 0 Å². The Bertz CT molecular complexity index is 577. The fraction of sp³-hybridized carbons (Fsp3) is 0.286. The van der Waals surface area contributed by atoms with Gasteiger partial charge in [0.25, 0.3) is 0 Å². The van der Waals surface area contributed by atoms with Crippen molar-refractivity contribution < 1.29 is 0 Å². The highest BCUT2D eigenvalue weighted by Crippen LogP contribution is 2.34. The van der Waals surface area contributed by atoms with Gasteiger partial charge in [-0.15, -0.1) is 34.0 Å². The van der Waals surface area contributed by atoms with Gasteiger partial charge in [-0.2, -0.15) is 0 Å². The molecule has 1 nitrogen and oxygen atoms in total. The summed E-state index contributed by atoms with van der Waals surface area (Å²) >= 11 is 5.61. The fourth-order valence-electron chi connectivity index (χ4n) is 2.11. The molecule has 1 N–H and O–H groups in total. The van der Waals surface area contributed by atoms with Gasteiger partial charge in [-0.1, -0.05) is 13.0 Å². The molecule has 1 unspecified atom stereocenters. The minimum atomic E-state index is 0.457. The minimum absolute atomic E-state index is 0.457. The number of thiophene rings is 3. The van der Waals surface area contributed by atoms with Crippen LogP contribution in [0.1, 0.15) is 22.7 Å². The van der Waals surface area contributed by atoms with E-state index in [1.54, 1.807) is 0 Å². The van der Waals surface area contributed by atoms with Crippen molar-refractivity contribution in [1.82, 2.24) is 5.32 Å². The topological polar surface area (TPSA) is 12.0 Å². The molecule has 0 saturated heterocycles. The van der Waals surface area contributed by atoms with E-state index in [1.165, 1.54) is 19.2 Å². The number of fused-ring (bicyclic) bond motifs is 1. The molecule has 0 bridgehead atoms. The molecule has 0 fully saturated rings. The van der Waals surface area contributed by atoms with Gasteiger partial charge in [0.1, 0.15) is 0 Å². The van der Waals surface area contributed by atoms with Crippen LogP contribution in [0.15, 0.2) is 35.0 Å². The van der Waals surface area contributed by atoms with Crippen molar-refractivity contribution in [2.75, 3.05) is 6.54 Å². The predicted octanol–water partition coefficient (Wildman–Crippen LogP) is 4.92. The molecule has 0 amide bonds. The van der Waals surface area contributed by atoms with Gasteiger partial charge >= 0.3 is 0 Å². The lowest BCUT2D eigenvalue weighted by molar-refractivity contribution is 0.562. The van der Waals surface area contributed by atoms with E-state index in [1.807, 2.05) is 34.0 Å². The predicted molar refractivity (Wildman–Crippen MR) is 84.1 cm³/mol. The maximum absolute atomic E-state index is 3.61. The maximum atomic E-state index is 3.61. The zero-order valence-corrected chi connectivity index (χ0v) is 12.6. The molecule has 3 heterocycles. The van der Waals surface area contributed by atoms with Crippen molar-refractivity contribution in [3.8, 4) is 0 Å². The molecule has 4 heteroatoms. The van der Waals surface area contributed by atoms with Crippen molar-refractivity contribution in [2.24, 2.45) is 0 Å². The molecule has 0 aliphatic heterocycles. The van der Waals surface area contributed by atoms with Crippen LogP contribution in [0.5, 0.6) is 0 Å². The summed E-state index contributed by atoms with van der Waals surface area (Å²) in [7, 11) is 0. The van der Waals surface area contributed by atoms with Crippen LogP contribution < -0.4 is 5.32 Å². The Labute approximate surface area is 119 Å². The van der Waals surface area contributed by atoms with Crippen molar-refractivity contribution in [3.05, 3.63) is 44.8 Å². The molecule has 0 aromatic carbocycles. The molecule has 1 atom stereocenters. The lowest BCUT2D eigenvalue weighted by atomic mass is 10.1. The van der Waals surface area contributed by atoms with Gasteiger partial charge in [-0.3, -0.25) is 0 Å². The first kappa shape index (κ1) is 12.4. The Morgan fingerprint density at radius 1 is 1.17 bits per heavy atom. The van der Waals surface area contributed by atoms with Crippen LogP contribution in [0.4, 0.5) is 0 Å². The summed E-state index contributed by atoms with van der Waals surface area (Å²) in [5.74, 6) is 0. The minimum Gasteiger partial charge on any atom is -0.309 e. The summed E-state index contributed by atoms with van der Waals surface area (Å²) in [6, 6.07) is 9.40. The van der Waals surface area contributed by atoms with Crippen LogP contribution in [0.2, 0.25) is 0 Å². The first-order valence-corrected chi connectivity index (χ1v) is 8.67. The second-order valence-electron chi connectivity index (χ2n) is 4.19. The summed E-state index contributed by atoms with van der Waals surface area (Å²) < 4.78 is 2.84. The number of rotatable bonds is 5. The van der Waals surface area contributed by atoms with E-state index >= 15 is 0 Å². The number of nitrogens with one attached hydrogen (secondary N) is 1. The maximum Gasteiger partial charge on any atom is 0.0464 e. The third kappa shape index (κ3) is 2.52. The zero-order valence-electron chi connectivity index (χ0n) is 10.2. The smallest absolute Gasteiger partial charge is 0.0464 e. The second kappa shape index (κ2) is 5.53. The Balaban J connectivity index is 1.86. The van der Waals surface area contributed by atoms with E-state index in [9.17, 15) is 0 Å². The van der Waals surface area contributed by atoms with Crippen molar-refractivity contribution in [1.29, 1.82) is 0 Å². The molecule has 0 aliphatic rings. The Hall–Kier alpha value is -0.680. The molecular formula is C14H15NS3. The second-order valence-corrected chi connectivity index (χ2v) is 7.29. The third-order valence-corrected chi connectivity index (χ3v) is 6.04. The van der Waals surface area contributed by atoms with E-state index < -0.39 is 0 Å². The highest BCUT2D eigenvalue weighted by atomic mass is 32.1. The largest absolute Gasteiger partial charge is 0.309 e. The molecule has 0 aliphatic carbocycles. The van der Waals surface area contributed by atoms with Gasteiger partial charge in [0.05, 0.1) is 0 Å². The van der Waals surface area contributed by atoms with Crippen molar-refractivity contribution in [2.45, 2.75) is 19.4 Å². The molecule has 94 valence electrons. The molecule has 0 spiro atoms. The van der Waals surface area contributed by atoms with E-state index in [2.05, 4.69) is 47.3 Å². The zero-order chi connectivity index (χ0) is 12.4. The lowest BCUT2D eigenvalue weighted by Gasteiger charge is -2.15. The van der Waals surface area contributed by atoms with E-state index in [0.717, 1.165) is 13.0 Å². The molecular weight excluding hydrogens is 278 g/mol. The quantitative estimate of drug-likeness (QED) is 0.704. The average Bonchev–Trinajstić information content (AvgIpc) is 3.04. The van der Waals surface area contributed by atoms with Crippen LogP contribution in [0.3, 0.4) is 0 Å². The Morgan fingerprint density at radius 2 is 2.11 bits per heavy atom. The highest BCUT2D eigenvalue weighted by molar-refractivity contribution is 7.27. The summed E-state index contributed by atoms with van der Waals surface area (Å²) in [6.07, 6.45) is 1.10. The van der Waals surface area contributed by atoms with Gasteiger partial charge in [-0.05, 0) is 35.5 Å². The van der Waals surface area contributed by atoms with Crippen molar-refractivity contribution >= 4 is 43.4 Å². The summed E-state index contributed by atoms with van der Waals surface area (Å²) in [6.45, 7) is 3.19. The molecule has 3 aromatic rings. The van der Waals surface area contributed by atoms with Crippen LogP contribution in [-0.4, -0.2) is 6.54 Å². The molecule has 18 heavy (non-hydrogen) atoms. The summed E-state index contributed by atoms with van der Waals surface area (Å²) in [4.78, 5) is 2.92. The molecule has 3 aromatic heterocycles. The van der Waals surface area contributed by atoms with E-state index in [-0.39, 0.29) is 0 Å². The number of hydrogen-bond donors (Lipinski definition) is 1. The van der Waals surface area contributed by atoms with Gasteiger partial charge < -0.3 is 5.32 Å². The SMILES string of the molecule is CCNC(Cc1cccs1)c1cc2sccc2s1. The fourth-order valence-corrected chi connectivity index (χ4v) is 5.05. The highest BCUT2D eigenvalue weighted by Gasteiger charge is 2.15. The van der Waals surface area contributed by atoms with Crippen molar-refractivity contribution in [3.63, 3.8) is 0 Å². The van der Waals surface area contributed by atoms with Crippen LogP contribution in [0.25, 0.3) is 9.40 Å². The van der Waals surface area contributed by atoms with Crippen LogP contribution in [0, 0.1) is 0 Å². The molecule has 3 rings (SSSR count). The lowest BCUT2D eigenvalue weighted by Crippen LogP contribution is -2.21. The van der Waals surface area contributed by atoms with Gasteiger partial charge in [0.15, 0.2) is 0 Å². The van der Waals surface area contributed by atoms with Crippen LogP contribution >= 0.6 is 34.0 Å². The first-order chi connectivity index (χ1) is 8.86. The number of hydrogen-bond acceptors (Lipinski definition) is 4. The summed E-state index contributed by atoms with van der Waals surface area (Å²) in [5.41, 5.74) is 0. The van der Waals surface area contributed by atoms with Crippen LogP contribution in [-0.2, 0) is 6.42 Å². The standard InChI is InChI=1S/C14H15NS3/c1-2-15-11(8-10-4-3-6-16-10)13-9-14-12(18-13)5-7-17-14/h3-7,9,11,15H,2,8H2,1H3. The van der Waals surface area contributed by atoms with Gasteiger partial charge in [0.2, 0.25) is 0 Å². The Kier molecular flexibility index (Phi) is 3.80. The average molecular weight is 293 g/mol. The monoisotopic (exact) mass is 293 g/mol. The van der Waals surface area contributed by atoms with E-state index in [4.69, 9.17) is 0 Å². The van der Waals surface area contributed by atoms with Gasteiger partial charge in [0, 0.05) is 31.6 Å².